The first kappa shape index (κ1) is 8.71. The Balaban J connectivity index is 2.44. The molecule has 64 valence electrons. The van der Waals surface area contributed by atoms with Crippen molar-refractivity contribution in [2.75, 3.05) is 12.3 Å². The monoisotopic (exact) mass is 174 g/mol. The fraction of sp³-hybridized carbons (Fsp3) is 0.857. The smallest absolute Gasteiger partial charge is 0.315 e. The first-order valence-electron chi connectivity index (χ1n) is 3.86. The van der Waals surface area contributed by atoms with Crippen LogP contribution in [0.4, 0.5) is 4.79 Å². The van der Waals surface area contributed by atoms with Gasteiger partial charge in [-0.1, -0.05) is 6.92 Å². The number of carbonyl (C=O) groups is 1. The van der Waals surface area contributed by atoms with E-state index < -0.39 is 0 Å². The van der Waals surface area contributed by atoms with Crippen LogP contribution >= 0.6 is 11.8 Å². The quantitative estimate of drug-likeness (QED) is 0.570. The van der Waals surface area contributed by atoms with Crippen molar-refractivity contribution in [1.29, 1.82) is 0 Å². The van der Waals surface area contributed by atoms with Gasteiger partial charge in [-0.05, 0) is 6.92 Å². The van der Waals surface area contributed by atoms with Crippen molar-refractivity contribution in [3.63, 3.8) is 0 Å². The first-order valence-corrected chi connectivity index (χ1v) is 4.91. The number of hydrogen-bond acceptors (Lipinski definition) is 2. The zero-order chi connectivity index (χ0) is 8.27. The van der Waals surface area contributed by atoms with Crippen molar-refractivity contribution in [3.05, 3.63) is 0 Å². The van der Waals surface area contributed by atoms with Gasteiger partial charge in [-0.15, -0.1) is 0 Å². The molecule has 4 heteroatoms. The standard InChI is InChI=1S/C7H14N2OS/c1-5-6(2)11-4-3-8-7(10)9-5/h5-6H,3-4H2,1-2H3,(H2,8,9,10). The maximum Gasteiger partial charge on any atom is 0.315 e. The van der Waals surface area contributed by atoms with E-state index in [1.165, 1.54) is 0 Å². The molecule has 0 aromatic heterocycles. The molecule has 1 aliphatic heterocycles. The van der Waals surface area contributed by atoms with Gasteiger partial charge in [0, 0.05) is 23.6 Å². The number of carbonyl (C=O) groups excluding carboxylic acids is 1. The third-order valence-electron chi connectivity index (χ3n) is 1.83. The minimum absolute atomic E-state index is 0.0374. The van der Waals surface area contributed by atoms with Gasteiger partial charge in [-0.25, -0.2) is 4.79 Å². The molecule has 0 bridgehead atoms. The minimum atomic E-state index is -0.0374. The summed E-state index contributed by atoms with van der Waals surface area (Å²) in [5.41, 5.74) is 0. The van der Waals surface area contributed by atoms with E-state index in [2.05, 4.69) is 17.6 Å². The van der Waals surface area contributed by atoms with Crippen LogP contribution in [0, 0.1) is 0 Å². The molecular formula is C7H14N2OS. The molecule has 1 saturated heterocycles. The maximum atomic E-state index is 11.0. The zero-order valence-corrected chi connectivity index (χ0v) is 7.70. The van der Waals surface area contributed by atoms with Crippen LogP contribution in [0.15, 0.2) is 0 Å². The zero-order valence-electron chi connectivity index (χ0n) is 6.89. The first-order chi connectivity index (χ1) is 5.20. The van der Waals surface area contributed by atoms with E-state index in [0.717, 1.165) is 12.3 Å². The minimum Gasteiger partial charge on any atom is -0.337 e. The number of nitrogens with one attached hydrogen (secondary N) is 2. The number of thioether (sulfide) groups is 1. The normalized spacial score (nSPS) is 33.1. The van der Waals surface area contributed by atoms with Crippen LogP contribution in [0.1, 0.15) is 13.8 Å². The second-order valence-corrected chi connectivity index (χ2v) is 4.25. The lowest BCUT2D eigenvalue weighted by Gasteiger charge is -2.23. The van der Waals surface area contributed by atoms with Crippen molar-refractivity contribution >= 4 is 17.8 Å². The van der Waals surface area contributed by atoms with Crippen molar-refractivity contribution < 1.29 is 4.79 Å². The fourth-order valence-electron chi connectivity index (χ4n) is 0.929. The van der Waals surface area contributed by atoms with Crippen LogP contribution in [-0.2, 0) is 0 Å². The summed E-state index contributed by atoms with van der Waals surface area (Å²) >= 11 is 1.89. The van der Waals surface area contributed by atoms with E-state index >= 15 is 0 Å². The Labute approximate surface area is 71.3 Å². The Hall–Kier alpha value is -0.380. The predicted octanol–water partition coefficient (Wildman–Crippen LogP) is 0.809. The van der Waals surface area contributed by atoms with E-state index in [-0.39, 0.29) is 12.1 Å². The third kappa shape index (κ3) is 2.61. The van der Waals surface area contributed by atoms with Crippen molar-refractivity contribution in [3.8, 4) is 0 Å². The molecule has 0 aromatic rings. The summed E-state index contributed by atoms with van der Waals surface area (Å²) in [6.07, 6.45) is 0. The van der Waals surface area contributed by atoms with Crippen LogP contribution < -0.4 is 10.6 Å². The number of urea groups is 1. The highest BCUT2D eigenvalue weighted by Crippen LogP contribution is 2.14. The van der Waals surface area contributed by atoms with Crippen LogP contribution in [0.3, 0.4) is 0 Å². The summed E-state index contributed by atoms with van der Waals surface area (Å²) in [7, 11) is 0. The molecule has 1 aliphatic rings. The lowest BCUT2D eigenvalue weighted by molar-refractivity contribution is 0.238. The summed E-state index contributed by atoms with van der Waals surface area (Å²) in [6.45, 7) is 4.94. The second kappa shape index (κ2) is 3.85. The lowest BCUT2D eigenvalue weighted by atomic mass is 10.2. The SMILES string of the molecule is CC1NC(=O)NCCSC1C. The molecule has 2 atom stereocenters. The largest absolute Gasteiger partial charge is 0.337 e. The van der Waals surface area contributed by atoms with Gasteiger partial charge in [0.15, 0.2) is 0 Å². The van der Waals surface area contributed by atoms with E-state index in [1.807, 2.05) is 18.7 Å². The van der Waals surface area contributed by atoms with E-state index in [0.29, 0.717) is 5.25 Å². The highest BCUT2D eigenvalue weighted by Gasteiger charge is 2.16. The third-order valence-corrected chi connectivity index (χ3v) is 3.21. The molecule has 1 rings (SSSR count). The van der Waals surface area contributed by atoms with Crippen molar-refractivity contribution in [1.82, 2.24) is 10.6 Å². The molecule has 3 nitrogen and oxygen atoms in total. The Morgan fingerprint density at radius 1 is 1.55 bits per heavy atom. The Morgan fingerprint density at radius 3 is 3.00 bits per heavy atom. The lowest BCUT2D eigenvalue weighted by Crippen LogP contribution is -2.47. The van der Waals surface area contributed by atoms with Gasteiger partial charge < -0.3 is 10.6 Å². The summed E-state index contributed by atoms with van der Waals surface area (Å²) in [5.74, 6) is 1.01. The average molecular weight is 174 g/mol. The van der Waals surface area contributed by atoms with Crippen LogP contribution in [-0.4, -0.2) is 29.6 Å². The van der Waals surface area contributed by atoms with Gasteiger partial charge >= 0.3 is 6.03 Å². The van der Waals surface area contributed by atoms with Gasteiger partial charge in [-0.3, -0.25) is 0 Å². The molecular weight excluding hydrogens is 160 g/mol. The Morgan fingerprint density at radius 2 is 2.27 bits per heavy atom. The molecule has 0 saturated carbocycles. The van der Waals surface area contributed by atoms with Crippen LogP contribution in [0.25, 0.3) is 0 Å². The van der Waals surface area contributed by atoms with E-state index in [9.17, 15) is 4.79 Å². The summed E-state index contributed by atoms with van der Waals surface area (Å²) in [5, 5.41) is 6.14. The molecule has 2 amide bonds. The van der Waals surface area contributed by atoms with Gasteiger partial charge in [-0.2, -0.15) is 11.8 Å². The maximum absolute atomic E-state index is 11.0. The molecule has 2 N–H and O–H groups in total. The molecule has 0 aromatic carbocycles. The Bertz CT molecular complexity index is 151. The average Bonchev–Trinajstić information content (AvgIpc) is 1.95. The highest BCUT2D eigenvalue weighted by atomic mass is 32.2. The second-order valence-electron chi connectivity index (χ2n) is 2.76. The van der Waals surface area contributed by atoms with E-state index in [4.69, 9.17) is 0 Å². The molecule has 2 unspecified atom stereocenters. The predicted molar refractivity (Wildman–Crippen MR) is 47.9 cm³/mol. The molecule has 0 aliphatic carbocycles. The van der Waals surface area contributed by atoms with Crippen molar-refractivity contribution in [2.24, 2.45) is 0 Å². The molecule has 11 heavy (non-hydrogen) atoms. The highest BCUT2D eigenvalue weighted by molar-refractivity contribution is 7.99. The fourth-order valence-corrected chi connectivity index (χ4v) is 1.88. The van der Waals surface area contributed by atoms with Crippen LogP contribution in [0.2, 0.25) is 0 Å². The summed E-state index contributed by atoms with van der Waals surface area (Å²) in [4.78, 5) is 11.0. The summed E-state index contributed by atoms with van der Waals surface area (Å²) in [6, 6.07) is 0.227. The number of rotatable bonds is 0. The molecule has 1 fully saturated rings. The Kier molecular flexibility index (Phi) is 3.05. The summed E-state index contributed by atoms with van der Waals surface area (Å²) < 4.78 is 0. The van der Waals surface area contributed by atoms with Crippen molar-refractivity contribution in [2.45, 2.75) is 25.1 Å². The van der Waals surface area contributed by atoms with Gasteiger partial charge in [0.05, 0.1) is 0 Å². The molecule has 1 heterocycles. The van der Waals surface area contributed by atoms with Gasteiger partial charge in [0.1, 0.15) is 0 Å². The number of hydrogen-bond donors (Lipinski definition) is 2. The van der Waals surface area contributed by atoms with Gasteiger partial charge in [0.25, 0.3) is 0 Å². The van der Waals surface area contributed by atoms with Gasteiger partial charge in [0.2, 0.25) is 0 Å². The molecule has 0 spiro atoms. The topological polar surface area (TPSA) is 41.1 Å². The molecule has 0 radical (unpaired) electrons. The van der Waals surface area contributed by atoms with E-state index in [1.54, 1.807) is 0 Å². The van der Waals surface area contributed by atoms with Crippen LogP contribution in [0.5, 0.6) is 0 Å². The number of amides is 2.